The Kier molecular flexibility index (Phi) is 8.31. The van der Waals surface area contributed by atoms with Gasteiger partial charge < -0.3 is 0 Å². The second kappa shape index (κ2) is 8.57. The monoisotopic (exact) mass is 335 g/mol. The summed E-state index contributed by atoms with van der Waals surface area (Å²) in [5, 5.41) is 2.80. The van der Waals surface area contributed by atoms with Gasteiger partial charge in [0.15, 0.2) is 0 Å². The van der Waals surface area contributed by atoms with E-state index in [9.17, 15) is 0 Å². The van der Waals surface area contributed by atoms with Crippen molar-refractivity contribution in [2.75, 3.05) is 0 Å². The minimum Gasteiger partial charge on any atom is -0.151 e. The summed E-state index contributed by atoms with van der Waals surface area (Å²) in [5.74, 6) is 0. The van der Waals surface area contributed by atoms with Crippen molar-refractivity contribution in [3.8, 4) is 0 Å². The average molecular weight is 336 g/mol. The molecule has 0 fully saturated rings. The van der Waals surface area contributed by atoms with Crippen LogP contribution in [-0.2, 0) is 11.0 Å². The van der Waals surface area contributed by atoms with Gasteiger partial charge in [-0.1, -0.05) is 48.6 Å². The molecule has 0 saturated carbocycles. The summed E-state index contributed by atoms with van der Waals surface area (Å²) >= 11 is 3.03. The summed E-state index contributed by atoms with van der Waals surface area (Å²) in [4.78, 5) is 7.43. The Hall–Kier alpha value is -0.570. The molecule has 1 aliphatic carbocycles. The molecule has 2 aromatic carbocycles. The Bertz CT molecular complexity index is 593. The van der Waals surface area contributed by atoms with Crippen LogP contribution in [0.3, 0.4) is 0 Å². The molecule has 3 rings (SSSR count). The van der Waals surface area contributed by atoms with E-state index in [1.54, 1.807) is 0 Å². The van der Waals surface area contributed by atoms with Crippen LogP contribution in [0.4, 0.5) is 0 Å². The molecule has 0 aromatic heterocycles. The van der Waals surface area contributed by atoms with E-state index in [0.29, 0.717) is 0 Å². The third-order valence-corrected chi connectivity index (χ3v) is 2.66. The number of hydrogen-bond donors (Lipinski definition) is 2. The molecule has 0 amide bonds. The third kappa shape index (κ3) is 4.79. The second-order valence-electron chi connectivity index (χ2n) is 3.72. The normalized spacial score (nSPS) is 11.6. The Morgan fingerprint density at radius 1 is 1.11 bits per heavy atom. The van der Waals surface area contributed by atoms with E-state index < -0.39 is 7.23 Å². The molecule has 1 aliphatic rings. The van der Waals surface area contributed by atoms with Gasteiger partial charge in [0.2, 0.25) is 0 Å². The van der Waals surface area contributed by atoms with Gasteiger partial charge in [0.25, 0.3) is 0 Å². The second-order valence-corrected chi connectivity index (χ2v) is 5.25. The lowest BCUT2D eigenvalue weighted by Gasteiger charge is -2.11. The number of allylic oxidation sites excluding steroid dienone is 1. The molecule has 1 N–H and O–H groups in total. The van der Waals surface area contributed by atoms with E-state index in [4.69, 9.17) is 9.46 Å². The molecule has 0 aliphatic heterocycles. The van der Waals surface area contributed by atoms with Gasteiger partial charge in [-0.2, -0.15) is 4.89 Å². The van der Waals surface area contributed by atoms with Crippen LogP contribution in [0.15, 0.2) is 42.5 Å². The van der Waals surface area contributed by atoms with Crippen molar-refractivity contribution in [2.24, 2.45) is 0 Å². The molecule has 0 spiro atoms. The first-order valence-corrected chi connectivity index (χ1v) is 7.57. The quantitative estimate of drug-likeness (QED) is 0.535. The predicted molar refractivity (Wildman–Crippen MR) is 90.0 cm³/mol. The number of rotatable bonds is 0. The largest absolute Gasteiger partial charge is 0.579 e. The van der Waals surface area contributed by atoms with Crippen molar-refractivity contribution >= 4 is 61.1 Å². The van der Waals surface area contributed by atoms with Crippen molar-refractivity contribution in [3.05, 3.63) is 53.6 Å². The SMILES string of the molecule is C1=Cc2cccc3cccc(c23)C1.Cl.Cl.O=[P+](O)S. The Balaban J connectivity index is 0.000000486. The summed E-state index contributed by atoms with van der Waals surface area (Å²) in [6.45, 7) is 0. The zero-order valence-electron chi connectivity index (χ0n) is 9.89. The Morgan fingerprint density at radius 3 is 2.32 bits per heavy atom. The van der Waals surface area contributed by atoms with E-state index in [-0.39, 0.29) is 24.8 Å². The molecule has 6 heteroatoms. The number of halogens is 2. The standard InChI is InChI=1S/C13H10.2ClH.HO2PS/c1-4-10-6-2-8-12-9-3-7-11(5-1)13(10)12;;;1-3(2)4/h1-8H,9H2;2*1H;(H-,1,2,4)/p+1. The van der Waals surface area contributed by atoms with Crippen LogP contribution in [0.5, 0.6) is 0 Å². The van der Waals surface area contributed by atoms with Gasteiger partial charge in [0, 0.05) is 0 Å². The highest BCUT2D eigenvalue weighted by Crippen LogP contribution is 2.27. The molecule has 2 aromatic rings. The predicted octanol–water partition coefficient (Wildman–Crippen LogP) is 4.82. The van der Waals surface area contributed by atoms with Crippen molar-refractivity contribution < 1.29 is 9.46 Å². The molecule has 2 nitrogen and oxygen atoms in total. The van der Waals surface area contributed by atoms with Crippen LogP contribution >= 0.6 is 44.3 Å². The lowest BCUT2D eigenvalue weighted by molar-refractivity contribution is 0.520. The van der Waals surface area contributed by atoms with E-state index >= 15 is 0 Å². The summed E-state index contributed by atoms with van der Waals surface area (Å²) in [5.41, 5.74) is 2.81. The Morgan fingerprint density at radius 2 is 1.68 bits per heavy atom. The first-order valence-electron chi connectivity index (χ1n) is 5.20. The van der Waals surface area contributed by atoms with Gasteiger partial charge >= 0.3 is 7.23 Å². The lowest BCUT2D eigenvalue weighted by Crippen LogP contribution is -1.91. The van der Waals surface area contributed by atoms with Crippen molar-refractivity contribution in [1.82, 2.24) is 0 Å². The highest BCUT2D eigenvalue weighted by Gasteiger charge is 2.06. The van der Waals surface area contributed by atoms with Gasteiger partial charge in [-0.05, 0) is 32.9 Å². The van der Waals surface area contributed by atoms with Crippen LogP contribution in [0.25, 0.3) is 16.8 Å². The fraction of sp³-hybridized carbons (Fsp3) is 0.0769. The van der Waals surface area contributed by atoms with Gasteiger partial charge in [-0.25, -0.2) is 0 Å². The van der Waals surface area contributed by atoms with E-state index in [0.717, 1.165) is 6.42 Å². The highest BCUT2D eigenvalue weighted by atomic mass is 35.5. The zero-order valence-corrected chi connectivity index (χ0v) is 13.3. The van der Waals surface area contributed by atoms with Crippen LogP contribution in [0.2, 0.25) is 0 Å². The van der Waals surface area contributed by atoms with E-state index in [1.807, 2.05) is 0 Å². The summed E-state index contributed by atoms with van der Waals surface area (Å²) in [7, 11) is -2.18. The molecule has 0 heterocycles. The van der Waals surface area contributed by atoms with Crippen LogP contribution < -0.4 is 0 Å². The lowest BCUT2D eigenvalue weighted by atomic mass is 9.93. The van der Waals surface area contributed by atoms with Gasteiger partial charge in [0.05, 0.1) is 0 Å². The maximum atomic E-state index is 9.01. The average Bonchev–Trinajstić information content (AvgIpc) is 2.30. The smallest absolute Gasteiger partial charge is 0.151 e. The van der Waals surface area contributed by atoms with Crippen molar-refractivity contribution in [3.63, 3.8) is 0 Å². The first kappa shape index (κ1) is 18.4. The number of hydrogen-bond acceptors (Lipinski definition) is 1. The van der Waals surface area contributed by atoms with Crippen molar-refractivity contribution in [1.29, 1.82) is 0 Å². The summed E-state index contributed by atoms with van der Waals surface area (Å²) < 4.78 is 9.01. The highest BCUT2D eigenvalue weighted by molar-refractivity contribution is 8.38. The number of benzene rings is 2. The molecular weight excluding hydrogens is 322 g/mol. The fourth-order valence-corrected chi connectivity index (χ4v) is 2.07. The van der Waals surface area contributed by atoms with Crippen LogP contribution in [-0.4, -0.2) is 4.89 Å². The number of thiol groups is 1. The van der Waals surface area contributed by atoms with Crippen LogP contribution in [0.1, 0.15) is 11.1 Å². The third-order valence-electron chi connectivity index (χ3n) is 2.66. The minimum absolute atomic E-state index is 0. The molecule has 0 saturated heterocycles. The molecule has 0 radical (unpaired) electrons. The summed E-state index contributed by atoms with van der Waals surface area (Å²) in [6, 6.07) is 13.0. The molecule has 19 heavy (non-hydrogen) atoms. The maximum Gasteiger partial charge on any atom is 0.579 e. The van der Waals surface area contributed by atoms with Crippen molar-refractivity contribution in [2.45, 2.75) is 6.42 Å². The molecule has 102 valence electrons. The van der Waals surface area contributed by atoms with Gasteiger partial charge in [-0.15, -0.1) is 24.8 Å². The Labute approximate surface area is 130 Å². The van der Waals surface area contributed by atoms with Gasteiger partial charge in [-0.3, -0.25) is 0 Å². The fourth-order valence-electron chi connectivity index (χ4n) is 2.07. The summed E-state index contributed by atoms with van der Waals surface area (Å²) in [6.07, 6.45) is 5.53. The van der Waals surface area contributed by atoms with E-state index in [2.05, 4.69) is 60.8 Å². The topological polar surface area (TPSA) is 37.3 Å². The molecule has 1 unspecified atom stereocenters. The zero-order chi connectivity index (χ0) is 12.3. The minimum atomic E-state index is -2.18. The molecule has 1 atom stereocenters. The van der Waals surface area contributed by atoms with Crippen LogP contribution in [0, 0.1) is 0 Å². The molecule has 0 bridgehead atoms. The molecular formula is C13H14Cl2O2PS+. The first-order chi connectivity index (χ1) is 8.18. The van der Waals surface area contributed by atoms with E-state index in [1.165, 1.54) is 21.9 Å². The van der Waals surface area contributed by atoms with Gasteiger partial charge in [0.1, 0.15) is 12.2 Å². The maximum absolute atomic E-state index is 9.01.